The molecule has 0 aliphatic heterocycles. The zero-order chi connectivity index (χ0) is 12.1. The summed E-state index contributed by atoms with van der Waals surface area (Å²) in [5.41, 5.74) is 1.69. The second kappa shape index (κ2) is 5.64. The van der Waals surface area contributed by atoms with Crippen molar-refractivity contribution in [2.45, 2.75) is 6.61 Å². The Labute approximate surface area is 108 Å². The molecule has 0 unspecified atom stereocenters. The van der Waals surface area contributed by atoms with Gasteiger partial charge in [-0.2, -0.15) is 0 Å². The molecule has 0 saturated carbocycles. The lowest BCUT2D eigenvalue weighted by atomic mass is 10.2. The van der Waals surface area contributed by atoms with Crippen LogP contribution in [0.4, 0.5) is 0 Å². The lowest BCUT2D eigenvalue weighted by Gasteiger charge is -2.06. The Morgan fingerprint density at radius 2 is 1.82 bits per heavy atom. The van der Waals surface area contributed by atoms with Crippen LogP contribution in [0.15, 0.2) is 54.6 Å². The van der Waals surface area contributed by atoms with E-state index in [9.17, 15) is 4.79 Å². The van der Waals surface area contributed by atoms with Crippen molar-refractivity contribution in [2.75, 3.05) is 0 Å². The summed E-state index contributed by atoms with van der Waals surface area (Å²) in [5.74, 6) is 0.694. The van der Waals surface area contributed by atoms with Gasteiger partial charge < -0.3 is 4.74 Å². The van der Waals surface area contributed by atoms with Gasteiger partial charge in [0.1, 0.15) is 12.4 Å². The van der Waals surface area contributed by atoms with Crippen molar-refractivity contribution in [3.8, 4) is 5.75 Å². The summed E-state index contributed by atoms with van der Waals surface area (Å²) in [6.07, 6.45) is 0. The molecular weight excluding hydrogens is 280 g/mol. The van der Waals surface area contributed by atoms with Crippen LogP contribution in [0, 0.1) is 0 Å². The molecule has 0 N–H and O–H groups in total. The van der Waals surface area contributed by atoms with Crippen LogP contribution in [0.25, 0.3) is 0 Å². The zero-order valence-corrected chi connectivity index (χ0v) is 10.7. The van der Waals surface area contributed by atoms with Crippen LogP contribution in [0.3, 0.4) is 0 Å². The lowest BCUT2D eigenvalue weighted by Crippen LogP contribution is -1.96. The molecule has 0 radical (unpaired) electrons. The highest BCUT2D eigenvalue weighted by molar-refractivity contribution is 9.18. The highest BCUT2D eigenvalue weighted by Crippen LogP contribution is 2.16. The van der Waals surface area contributed by atoms with Crippen molar-refractivity contribution < 1.29 is 9.53 Å². The summed E-state index contributed by atoms with van der Waals surface area (Å²) in [7, 11) is 0. The second-order valence-electron chi connectivity index (χ2n) is 3.58. The van der Waals surface area contributed by atoms with Crippen molar-refractivity contribution in [2.24, 2.45) is 0 Å². The van der Waals surface area contributed by atoms with Gasteiger partial charge in [0.2, 0.25) is 4.69 Å². The molecule has 0 aromatic heterocycles. The SMILES string of the molecule is O=C(Br)c1cccc(OCc2ccccc2)c1. The minimum Gasteiger partial charge on any atom is -0.489 e. The molecular formula is C14H11BrO2. The molecule has 0 aliphatic carbocycles. The third-order valence-electron chi connectivity index (χ3n) is 2.31. The second-order valence-corrected chi connectivity index (χ2v) is 4.30. The van der Waals surface area contributed by atoms with Crippen LogP contribution in [0.5, 0.6) is 5.75 Å². The molecule has 0 amide bonds. The van der Waals surface area contributed by atoms with Gasteiger partial charge in [-0.1, -0.05) is 42.5 Å². The fourth-order valence-corrected chi connectivity index (χ4v) is 1.70. The average Bonchev–Trinajstić information content (AvgIpc) is 2.38. The molecule has 0 aliphatic rings. The van der Waals surface area contributed by atoms with E-state index in [1.165, 1.54) is 0 Å². The molecule has 0 saturated heterocycles. The zero-order valence-electron chi connectivity index (χ0n) is 9.10. The summed E-state index contributed by atoms with van der Waals surface area (Å²) >= 11 is 2.92. The number of benzene rings is 2. The van der Waals surface area contributed by atoms with Gasteiger partial charge in [0, 0.05) is 5.56 Å². The summed E-state index contributed by atoms with van der Waals surface area (Å²) in [6.45, 7) is 0.501. The topological polar surface area (TPSA) is 26.3 Å². The van der Waals surface area contributed by atoms with E-state index in [0.29, 0.717) is 17.9 Å². The Kier molecular flexibility index (Phi) is 3.94. The number of halogens is 1. The van der Waals surface area contributed by atoms with Crippen LogP contribution in [-0.2, 0) is 6.61 Å². The number of hydrogen-bond donors (Lipinski definition) is 0. The van der Waals surface area contributed by atoms with Crippen LogP contribution in [-0.4, -0.2) is 4.69 Å². The van der Waals surface area contributed by atoms with Gasteiger partial charge in [-0.05, 0) is 33.6 Å². The predicted octanol–water partition coefficient (Wildman–Crippen LogP) is 3.80. The molecule has 0 fully saturated rings. The first kappa shape index (κ1) is 11.9. The maximum Gasteiger partial charge on any atom is 0.228 e. The van der Waals surface area contributed by atoms with E-state index < -0.39 is 0 Å². The summed E-state index contributed by atoms with van der Waals surface area (Å²) in [5, 5.41) is 0. The number of rotatable bonds is 4. The molecule has 0 spiro atoms. The minimum atomic E-state index is -0.136. The Balaban J connectivity index is 2.04. The van der Waals surface area contributed by atoms with Gasteiger partial charge in [-0.15, -0.1) is 0 Å². The van der Waals surface area contributed by atoms with Crippen LogP contribution in [0.2, 0.25) is 0 Å². The van der Waals surface area contributed by atoms with Crippen molar-refractivity contribution in [1.82, 2.24) is 0 Å². The first-order valence-electron chi connectivity index (χ1n) is 5.22. The Morgan fingerprint density at radius 3 is 2.53 bits per heavy atom. The van der Waals surface area contributed by atoms with Crippen molar-refractivity contribution >= 4 is 20.6 Å². The molecule has 0 atom stereocenters. The van der Waals surface area contributed by atoms with Crippen LogP contribution in [0.1, 0.15) is 15.9 Å². The van der Waals surface area contributed by atoms with Gasteiger partial charge in [0.15, 0.2) is 0 Å². The molecule has 2 aromatic carbocycles. The number of ether oxygens (including phenoxy) is 1. The third kappa shape index (κ3) is 3.43. The summed E-state index contributed by atoms with van der Waals surface area (Å²) in [6, 6.07) is 17.0. The first-order valence-corrected chi connectivity index (χ1v) is 6.01. The van der Waals surface area contributed by atoms with Crippen molar-refractivity contribution in [3.63, 3.8) is 0 Å². The molecule has 0 heterocycles. The smallest absolute Gasteiger partial charge is 0.228 e. The predicted molar refractivity (Wildman–Crippen MR) is 70.5 cm³/mol. The minimum absolute atomic E-state index is 0.136. The Morgan fingerprint density at radius 1 is 1.06 bits per heavy atom. The van der Waals surface area contributed by atoms with E-state index in [2.05, 4.69) is 15.9 Å². The number of hydrogen-bond acceptors (Lipinski definition) is 2. The molecule has 86 valence electrons. The van der Waals surface area contributed by atoms with E-state index in [1.807, 2.05) is 36.4 Å². The highest BCUT2D eigenvalue weighted by Gasteiger charge is 2.02. The van der Waals surface area contributed by atoms with Gasteiger partial charge in [0.25, 0.3) is 0 Å². The molecule has 17 heavy (non-hydrogen) atoms. The average molecular weight is 291 g/mol. The molecule has 2 nitrogen and oxygen atoms in total. The molecule has 0 bridgehead atoms. The Hall–Kier alpha value is -1.61. The number of carbonyl (C=O) groups excluding carboxylic acids is 1. The van der Waals surface area contributed by atoms with E-state index >= 15 is 0 Å². The monoisotopic (exact) mass is 290 g/mol. The largest absolute Gasteiger partial charge is 0.489 e. The molecule has 3 heteroatoms. The highest BCUT2D eigenvalue weighted by atomic mass is 79.9. The van der Waals surface area contributed by atoms with E-state index in [0.717, 1.165) is 5.56 Å². The summed E-state index contributed by atoms with van der Waals surface area (Å²) < 4.78 is 5.47. The van der Waals surface area contributed by atoms with Gasteiger partial charge in [-0.25, -0.2) is 0 Å². The van der Waals surface area contributed by atoms with E-state index in [1.54, 1.807) is 18.2 Å². The summed E-state index contributed by atoms with van der Waals surface area (Å²) in [4.78, 5) is 11.1. The fraction of sp³-hybridized carbons (Fsp3) is 0.0714. The normalized spacial score (nSPS) is 9.94. The molecule has 2 aromatic rings. The van der Waals surface area contributed by atoms with Crippen LogP contribution >= 0.6 is 15.9 Å². The van der Waals surface area contributed by atoms with Crippen molar-refractivity contribution in [1.29, 1.82) is 0 Å². The standard InChI is InChI=1S/C14H11BrO2/c15-14(16)12-7-4-8-13(9-12)17-10-11-5-2-1-3-6-11/h1-9H,10H2. The molecule has 2 rings (SSSR count). The third-order valence-corrected chi connectivity index (χ3v) is 2.77. The maximum absolute atomic E-state index is 11.1. The fourth-order valence-electron chi connectivity index (χ4n) is 1.45. The Bertz CT molecular complexity index is 509. The maximum atomic E-state index is 11.1. The van der Waals surface area contributed by atoms with Crippen molar-refractivity contribution in [3.05, 3.63) is 65.7 Å². The first-order chi connectivity index (χ1) is 8.25. The van der Waals surface area contributed by atoms with Crippen LogP contribution < -0.4 is 4.74 Å². The van der Waals surface area contributed by atoms with E-state index in [-0.39, 0.29) is 4.69 Å². The number of carbonyl (C=O) groups is 1. The van der Waals surface area contributed by atoms with Gasteiger partial charge in [-0.3, -0.25) is 4.79 Å². The van der Waals surface area contributed by atoms with Gasteiger partial charge >= 0.3 is 0 Å². The lowest BCUT2D eigenvalue weighted by molar-refractivity contribution is 0.109. The van der Waals surface area contributed by atoms with E-state index in [4.69, 9.17) is 4.74 Å². The van der Waals surface area contributed by atoms with Gasteiger partial charge in [0.05, 0.1) is 0 Å². The quantitative estimate of drug-likeness (QED) is 0.801.